The Morgan fingerprint density at radius 2 is 0.346 bits per heavy atom. The molecule has 0 saturated heterocycles. The van der Waals surface area contributed by atoms with Gasteiger partial charge in [-0.05, 0) is 305 Å². The van der Waals surface area contributed by atoms with E-state index in [9.17, 15) is 14.4 Å². The van der Waals surface area contributed by atoms with Gasteiger partial charge in [-0.1, -0.05) is 17.8 Å². The van der Waals surface area contributed by atoms with Crippen LogP contribution in [0.15, 0.2) is 0 Å². The summed E-state index contributed by atoms with van der Waals surface area (Å²) in [5.74, 6) is 157. The predicted molar refractivity (Wildman–Crippen MR) is 305 cm³/mol. The van der Waals surface area contributed by atoms with Crippen molar-refractivity contribution >= 4 is 17.9 Å². The van der Waals surface area contributed by atoms with Crippen molar-refractivity contribution in [3.05, 3.63) is 0 Å². The monoisotopic (exact) mass is 1010 g/mol. The van der Waals surface area contributed by atoms with Crippen LogP contribution in [0.2, 0.25) is 0 Å². The van der Waals surface area contributed by atoms with E-state index in [0.29, 0.717) is 0 Å². The molecule has 6 nitrogen and oxygen atoms in total. The topological polar surface area (TPSA) is 78.9 Å². The highest BCUT2D eigenvalue weighted by Gasteiger charge is 2.18. The number of carbonyl (C=O) groups is 3. The van der Waals surface area contributed by atoms with E-state index in [4.69, 9.17) is 14.2 Å². The first kappa shape index (κ1) is 64.9. The molecule has 350 valence electrons. The van der Waals surface area contributed by atoms with Gasteiger partial charge < -0.3 is 14.2 Å². The van der Waals surface area contributed by atoms with Gasteiger partial charge in [-0.25, -0.2) is 14.4 Å². The summed E-state index contributed by atoms with van der Waals surface area (Å²) in [6, 6.07) is 0. The van der Waals surface area contributed by atoms with Crippen molar-refractivity contribution in [2.24, 2.45) is 0 Å². The first-order chi connectivity index (χ1) is 40.0. The van der Waals surface area contributed by atoms with Crippen LogP contribution in [0.25, 0.3) is 0 Å². The Kier molecular flexibility index (Phi) is 45.2. The van der Waals surface area contributed by atoms with Crippen LogP contribution in [-0.2, 0) is 28.6 Å². The third kappa shape index (κ3) is 54.7. The molecule has 0 spiro atoms. The molecule has 0 amide bonds. The average Bonchev–Trinajstić information content (AvgIpc) is 3.47. The maximum atomic E-state index is 12.4. The molecule has 0 atom stereocenters. The van der Waals surface area contributed by atoms with Crippen molar-refractivity contribution in [1.29, 1.82) is 0 Å². The molecule has 0 aromatic carbocycles. The van der Waals surface area contributed by atoms with Gasteiger partial charge in [0.25, 0.3) is 0 Å². The molecule has 0 unspecified atom stereocenters. The molecule has 81 heavy (non-hydrogen) atoms. The van der Waals surface area contributed by atoms with Gasteiger partial charge in [0.15, 0.2) is 6.10 Å². The Hall–Kier alpha value is -16.1. The fraction of sp³-hybridized carbons (Fsp3) is 0.0800. The van der Waals surface area contributed by atoms with Crippen molar-refractivity contribution in [2.45, 2.75) is 26.9 Å². The summed E-state index contributed by atoms with van der Waals surface area (Å²) >= 11 is 0. The van der Waals surface area contributed by atoms with Crippen molar-refractivity contribution in [3.8, 4) is 391 Å². The van der Waals surface area contributed by atoms with Crippen LogP contribution in [0, 0.1) is 391 Å². The van der Waals surface area contributed by atoms with Gasteiger partial charge in [-0.15, -0.1) is 0 Å². The zero-order chi connectivity index (χ0) is 58.5. The van der Waals surface area contributed by atoms with Gasteiger partial charge in [-0.2, -0.15) is 0 Å². The van der Waals surface area contributed by atoms with Crippen LogP contribution in [0.1, 0.15) is 20.8 Å². The molecule has 0 N–H and O–H groups in total. The van der Waals surface area contributed by atoms with E-state index in [1.165, 1.54) is 0 Å². The van der Waals surface area contributed by atoms with Gasteiger partial charge in [-0.3, -0.25) is 0 Å². The second-order valence-electron chi connectivity index (χ2n) is 10.8. The number of hydrogen-bond donors (Lipinski definition) is 0. The molecular weight excluding hydrogens is 997 g/mol. The molecule has 0 aromatic heterocycles. The lowest BCUT2D eigenvalue weighted by Crippen LogP contribution is -2.30. The molecular formula is C75H14O6. The first-order valence-electron chi connectivity index (χ1n) is 20.9. The molecule has 0 heterocycles. The van der Waals surface area contributed by atoms with E-state index in [1.807, 2.05) is 0 Å². The fourth-order valence-corrected chi connectivity index (χ4v) is 2.83. The molecule has 0 aliphatic heterocycles. The van der Waals surface area contributed by atoms with Crippen molar-refractivity contribution in [1.82, 2.24) is 0 Å². The summed E-state index contributed by atoms with van der Waals surface area (Å²) in [6.45, 7) is 3.72. The highest BCUT2D eigenvalue weighted by atomic mass is 16.6. The number of carbonyl (C=O) groups excluding carboxylic acids is 3. The average molecular weight is 1010 g/mol. The highest BCUT2D eigenvalue weighted by Crippen LogP contribution is 1.98. The summed E-state index contributed by atoms with van der Waals surface area (Å²) in [6.07, 6.45) is -1.38. The lowest BCUT2D eigenvalue weighted by Gasteiger charge is -2.15. The predicted octanol–water partition coefficient (Wildman–Crippen LogP) is 0.157. The number of hydrogen-bond acceptors (Lipinski definition) is 6. The van der Waals surface area contributed by atoms with E-state index < -0.39 is 37.2 Å². The van der Waals surface area contributed by atoms with Gasteiger partial charge in [0.2, 0.25) is 0 Å². The second kappa shape index (κ2) is 56.5. The molecule has 0 bridgehead atoms. The van der Waals surface area contributed by atoms with Gasteiger partial charge in [0.1, 0.15) is 13.2 Å². The zero-order valence-corrected chi connectivity index (χ0v) is 41.9. The summed E-state index contributed by atoms with van der Waals surface area (Å²) in [7, 11) is 0. The maximum Gasteiger partial charge on any atom is 0.385 e. The summed E-state index contributed by atoms with van der Waals surface area (Å²) < 4.78 is 15.2. The van der Waals surface area contributed by atoms with Crippen molar-refractivity contribution in [3.63, 3.8) is 0 Å². The van der Waals surface area contributed by atoms with E-state index in [0.717, 1.165) is 0 Å². The maximum absolute atomic E-state index is 12.4. The Balaban J connectivity index is 5.73. The Morgan fingerprint density at radius 3 is 0.506 bits per heavy atom. The zero-order valence-electron chi connectivity index (χ0n) is 41.9. The molecule has 0 fully saturated rings. The number of ether oxygens (including phenoxy) is 3. The minimum absolute atomic E-state index is 0.633. The van der Waals surface area contributed by atoms with E-state index >= 15 is 0 Å². The minimum Gasteiger partial charge on any atom is -0.452 e. The van der Waals surface area contributed by atoms with Gasteiger partial charge in [0.05, 0.1) is 0 Å². The first-order valence-corrected chi connectivity index (χ1v) is 20.9. The quantitative estimate of drug-likeness (QED) is 0.169. The molecule has 0 radical (unpaired) electrons. The third-order valence-corrected chi connectivity index (χ3v) is 5.51. The Bertz CT molecular complexity index is 4720. The van der Waals surface area contributed by atoms with Gasteiger partial charge >= 0.3 is 17.9 Å². The summed E-state index contributed by atoms with van der Waals surface area (Å²) in [5, 5.41) is 0. The Morgan fingerprint density at radius 1 is 0.210 bits per heavy atom. The normalized spacial score (nSPS) is 5.04. The summed E-state index contributed by atoms with van der Waals surface area (Å²) in [4.78, 5) is 36.9. The highest BCUT2D eigenvalue weighted by molar-refractivity contribution is 5.90. The van der Waals surface area contributed by atoms with E-state index in [2.05, 4.69) is 391 Å². The number of rotatable bonds is 5. The second-order valence-corrected chi connectivity index (χ2v) is 10.8. The molecule has 0 saturated carbocycles. The minimum atomic E-state index is -1.38. The van der Waals surface area contributed by atoms with Gasteiger partial charge in [0, 0.05) is 88.8 Å². The standard InChI is InChI=1S/C75H14O6/c1-4-7-10-13-16-19-22-25-28-31-34-37-40-43-46-49-52-55-58-61-64-67-73(76)79-70-72(81-75(78)69-66-63-60-57-54-51-48-45-42-39-36-33-30-27-24-21-18-15-12-9-6-3)71-80-74(77)68-65-62-59-56-53-50-47-44-41-38-35-32-29-26-23-20-17-14-11-8-5-2/h72H,70-71H2,1-3H3. The van der Waals surface area contributed by atoms with E-state index in [1.54, 1.807) is 20.8 Å². The lowest BCUT2D eigenvalue weighted by atomic mass is 10.4. The third-order valence-electron chi connectivity index (χ3n) is 5.51. The molecule has 0 aromatic rings. The molecule has 6 heteroatoms. The Labute approximate surface area is 475 Å². The largest absolute Gasteiger partial charge is 0.452 e. The van der Waals surface area contributed by atoms with Crippen LogP contribution in [0.4, 0.5) is 0 Å². The fourth-order valence-electron chi connectivity index (χ4n) is 2.83. The smallest absolute Gasteiger partial charge is 0.385 e. The SMILES string of the molecule is CC#CC#CC#CC#CC#CC#CC#CC#CC#CC#CC#CC(=O)OCC(COC(=O)C#CC#CC#CC#CC#CC#CC#CC#CC#CC#CC#CC)OC(=O)C#CC#CC#CC#CC#CC#CC#CC#CC#CC#CC#CC. The van der Waals surface area contributed by atoms with Crippen LogP contribution >= 0.6 is 0 Å². The number of esters is 3. The molecule has 0 aliphatic carbocycles. The van der Waals surface area contributed by atoms with Crippen molar-refractivity contribution < 1.29 is 28.6 Å². The lowest BCUT2D eigenvalue weighted by molar-refractivity contribution is -0.158. The van der Waals surface area contributed by atoms with Crippen LogP contribution in [0.5, 0.6) is 0 Å². The molecule has 0 rings (SSSR count). The van der Waals surface area contributed by atoms with Crippen LogP contribution in [0.3, 0.4) is 0 Å². The molecule has 0 aliphatic rings. The summed E-state index contributed by atoms with van der Waals surface area (Å²) in [5.41, 5.74) is 0. The van der Waals surface area contributed by atoms with Crippen molar-refractivity contribution in [2.75, 3.05) is 13.2 Å². The van der Waals surface area contributed by atoms with E-state index in [-0.39, 0.29) is 0 Å². The van der Waals surface area contributed by atoms with Crippen LogP contribution < -0.4 is 0 Å². The van der Waals surface area contributed by atoms with Crippen LogP contribution in [-0.4, -0.2) is 37.2 Å².